The number of rotatable bonds is 5. The molecule has 1 N–H and O–H groups in total. The third-order valence-corrected chi connectivity index (χ3v) is 3.52. The first-order chi connectivity index (χ1) is 9.95. The number of benzene rings is 1. The Labute approximate surface area is 130 Å². The molecule has 21 heavy (non-hydrogen) atoms. The second kappa shape index (κ2) is 6.87. The lowest BCUT2D eigenvalue weighted by Crippen LogP contribution is -2.22. The maximum absolute atomic E-state index is 6.00. The van der Waals surface area contributed by atoms with Crippen molar-refractivity contribution in [3.63, 3.8) is 0 Å². The van der Waals surface area contributed by atoms with Gasteiger partial charge < -0.3 is 10.1 Å². The minimum absolute atomic E-state index is 0.350. The van der Waals surface area contributed by atoms with Gasteiger partial charge in [-0.2, -0.15) is 4.98 Å². The van der Waals surface area contributed by atoms with Crippen LogP contribution in [0.5, 0.6) is 11.8 Å². The number of halogens is 1. The van der Waals surface area contributed by atoms with Gasteiger partial charge in [-0.3, -0.25) is 0 Å². The summed E-state index contributed by atoms with van der Waals surface area (Å²) >= 11 is 6.00. The van der Waals surface area contributed by atoms with E-state index in [1.54, 1.807) is 12.3 Å². The number of hydrogen-bond acceptors (Lipinski definition) is 4. The van der Waals surface area contributed by atoms with Crippen molar-refractivity contribution in [3.8, 4) is 11.8 Å². The maximum atomic E-state index is 6.00. The van der Waals surface area contributed by atoms with Gasteiger partial charge in [0.15, 0.2) is 0 Å². The highest BCUT2D eigenvalue weighted by atomic mass is 35.5. The normalized spacial score (nSPS) is 11.0. The molecule has 2 aromatic rings. The molecule has 4 nitrogen and oxygen atoms in total. The standard InChI is InChI=1S/C16H20ClN3O/c1-10(2)18-8-13-9-19-16(20-12(13)4)21-14-5-6-15(17)11(3)7-14/h5-7,9-10,18H,8H2,1-4H3. The van der Waals surface area contributed by atoms with Gasteiger partial charge in [-0.15, -0.1) is 0 Å². The molecule has 0 fully saturated rings. The molecule has 2 rings (SSSR count). The number of nitrogens with one attached hydrogen (secondary N) is 1. The van der Waals surface area contributed by atoms with Crippen LogP contribution in [-0.2, 0) is 6.54 Å². The lowest BCUT2D eigenvalue weighted by atomic mass is 10.2. The van der Waals surface area contributed by atoms with Crippen LogP contribution in [0.1, 0.15) is 30.7 Å². The van der Waals surface area contributed by atoms with Crippen molar-refractivity contribution in [2.24, 2.45) is 0 Å². The number of nitrogens with zero attached hydrogens (tertiary/aromatic N) is 2. The van der Waals surface area contributed by atoms with Gasteiger partial charge in [0.05, 0.1) is 0 Å². The van der Waals surface area contributed by atoms with E-state index >= 15 is 0 Å². The van der Waals surface area contributed by atoms with Crippen molar-refractivity contribution in [3.05, 3.63) is 46.2 Å². The van der Waals surface area contributed by atoms with E-state index in [1.807, 2.05) is 26.0 Å². The highest BCUT2D eigenvalue weighted by Crippen LogP contribution is 2.24. The Kier molecular flexibility index (Phi) is 5.15. The summed E-state index contributed by atoms with van der Waals surface area (Å²) in [5.74, 6) is 0.685. The summed E-state index contributed by atoms with van der Waals surface area (Å²) in [6.45, 7) is 8.86. The largest absolute Gasteiger partial charge is 0.424 e. The van der Waals surface area contributed by atoms with Crippen molar-refractivity contribution in [1.82, 2.24) is 15.3 Å². The van der Waals surface area contributed by atoms with E-state index in [9.17, 15) is 0 Å². The molecule has 1 aromatic carbocycles. The van der Waals surface area contributed by atoms with E-state index in [0.29, 0.717) is 17.8 Å². The third kappa shape index (κ3) is 4.41. The van der Waals surface area contributed by atoms with E-state index < -0.39 is 0 Å². The predicted octanol–water partition coefficient (Wildman–Crippen LogP) is 4.04. The minimum Gasteiger partial charge on any atom is -0.424 e. The summed E-state index contributed by atoms with van der Waals surface area (Å²) in [7, 11) is 0. The smallest absolute Gasteiger partial charge is 0.322 e. The first kappa shape index (κ1) is 15.7. The van der Waals surface area contributed by atoms with Crippen LogP contribution >= 0.6 is 11.6 Å². The Hall–Kier alpha value is -1.65. The number of ether oxygens (including phenoxy) is 1. The fraction of sp³-hybridized carbons (Fsp3) is 0.375. The van der Waals surface area contributed by atoms with E-state index in [2.05, 4.69) is 29.1 Å². The highest BCUT2D eigenvalue weighted by molar-refractivity contribution is 6.31. The molecular formula is C16H20ClN3O. The van der Waals surface area contributed by atoms with Crippen LogP contribution in [0.3, 0.4) is 0 Å². The van der Waals surface area contributed by atoms with Crippen LogP contribution < -0.4 is 10.1 Å². The molecule has 0 amide bonds. The van der Waals surface area contributed by atoms with Crippen LogP contribution in [0, 0.1) is 13.8 Å². The summed E-state index contributed by atoms with van der Waals surface area (Å²) in [6.07, 6.45) is 1.80. The molecule has 0 bridgehead atoms. The van der Waals surface area contributed by atoms with Gasteiger partial charge >= 0.3 is 6.01 Å². The predicted molar refractivity (Wildman–Crippen MR) is 85.0 cm³/mol. The van der Waals surface area contributed by atoms with Crippen LogP contribution in [0.15, 0.2) is 24.4 Å². The summed E-state index contributed by atoms with van der Waals surface area (Å²) in [5, 5.41) is 4.07. The molecule has 0 atom stereocenters. The molecule has 0 aliphatic rings. The van der Waals surface area contributed by atoms with Crippen LogP contribution in [0.25, 0.3) is 0 Å². The average Bonchev–Trinajstić information content (AvgIpc) is 2.42. The maximum Gasteiger partial charge on any atom is 0.322 e. The molecule has 5 heteroatoms. The van der Waals surface area contributed by atoms with Crippen LogP contribution in [0.2, 0.25) is 5.02 Å². The van der Waals surface area contributed by atoms with Crippen molar-refractivity contribution < 1.29 is 4.74 Å². The number of aryl methyl sites for hydroxylation is 2. The van der Waals surface area contributed by atoms with E-state index in [-0.39, 0.29) is 0 Å². The third-order valence-electron chi connectivity index (χ3n) is 3.10. The Bertz CT molecular complexity index is 629. The van der Waals surface area contributed by atoms with Gasteiger partial charge in [0.1, 0.15) is 5.75 Å². The molecule has 0 unspecified atom stereocenters. The van der Waals surface area contributed by atoms with Gasteiger partial charge in [0.2, 0.25) is 0 Å². The van der Waals surface area contributed by atoms with Gasteiger partial charge in [-0.25, -0.2) is 4.98 Å². The minimum atomic E-state index is 0.350. The van der Waals surface area contributed by atoms with E-state index in [0.717, 1.165) is 28.4 Å². The van der Waals surface area contributed by atoms with Crippen LogP contribution in [-0.4, -0.2) is 16.0 Å². The zero-order chi connectivity index (χ0) is 15.4. The molecule has 0 saturated carbocycles. The van der Waals surface area contributed by atoms with Crippen molar-refractivity contribution >= 4 is 11.6 Å². The molecule has 112 valence electrons. The fourth-order valence-corrected chi connectivity index (χ4v) is 1.91. The van der Waals surface area contributed by atoms with E-state index in [1.165, 1.54) is 0 Å². The number of hydrogen-bond donors (Lipinski definition) is 1. The van der Waals surface area contributed by atoms with Crippen molar-refractivity contribution in [2.45, 2.75) is 40.3 Å². The number of aromatic nitrogens is 2. The zero-order valence-electron chi connectivity index (χ0n) is 12.8. The molecule has 0 aliphatic carbocycles. The first-order valence-electron chi connectivity index (χ1n) is 6.95. The Morgan fingerprint density at radius 1 is 1.29 bits per heavy atom. The second-order valence-corrected chi connectivity index (χ2v) is 5.72. The molecule has 0 radical (unpaired) electrons. The Morgan fingerprint density at radius 3 is 2.67 bits per heavy atom. The summed E-state index contributed by atoms with van der Waals surface area (Å²) in [5.41, 5.74) is 2.95. The Balaban J connectivity index is 2.10. The zero-order valence-corrected chi connectivity index (χ0v) is 13.5. The highest BCUT2D eigenvalue weighted by Gasteiger charge is 2.07. The molecule has 1 aromatic heterocycles. The summed E-state index contributed by atoms with van der Waals surface area (Å²) in [6, 6.07) is 6.26. The lowest BCUT2D eigenvalue weighted by Gasteiger charge is -2.11. The monoisotopic (exact) mass is 305 g/mol. The van der Waals surface area contributed by atoms with Gasteiger partial charge in [0.25, 0.3) is 0 Å². The van der Waals surface area contributed by atoms with Crippen molar-refractivity contribution in [1.29, 1.82) is 0 Å². The van der Waals surface area contributed by atoms with Crippen LogP contribution in [0.4, 0.5) is 0 Å². The lowest BCUT2D eigenvalue weighted by molar-refractivity contribution is 0.438. The first-order valence-corrected chi connectivity index (χ1v) is 7.33. The van der Waals surface area contributed by atoms with Gasteiger partial charge in [-0.05, 0) is 37.6 Å². The molecule has 0 aliphatic heterocycles. The fourth-order valence-electron chi connectivity index (χ4n) is 1.79. The second-order valence-electron chi connectivity index (χ2n) is 5.31. The molecule has 1 heterocycles. The van der Waals surface area contributed by atoms with Gasteiger partial charge in [-0.1, -0.05) is 25.4 Å². The van der Waals surface area contributed by atoms with E-state index in [4.69, 9.17) is 16.3 Å². The Morgan fingerprint density at radius 2 is 2.05 bits per heavy atom. The quantitative estimate of drug-likeness (QED) is 0.905. The van der Waals surface area contributed by atoms with Crippen molar-refractivity contribution in [2.75, 3.05) is 0 Å². The average molecular weight is 306 g/mol. The topological polar surface area (TPSA) is 47.0 Å². The molecule has 0 saturated heterocycles. The van der Waals surface area contributed by atoms with Gasteiger partial charge in [0, 0.05) is 35.1 Å². The molecular weight excluding hydrogens is 286 g/mol. The summed E-state index contributed by atoms with van der Waals surface area (Å²) in [4.78, 5) is 8.65. The summed E-state index contributed by atoms with van der Waals surface area (Å²) < 4.78 is 5.67. The molecule has 0 spiro atoms. The SMILES string of the molecule is Cc1cc(Oc2ncc(CNC(C)C)c(C)n2)ccc1Cl.